The number of H-pyrrole nitrogens is 2. The van der Waals surface area contributed by atoms with Gasteiger partial charge in [0, 0.05) is 17.4 Å². The number of aryl methyl sites for hydroxylation is 2. The van der Waals surface area contributed by atoms with E-state index in [1.54, 1.807) is 30.5 Å². The minimum Gasteiger partial charge on any atom is -0.322 e. The highest BCUT2D eigenvalue weighted by Gasteiger charge is 2.11. The SMILES string of the molecule is Cc1cccc(C)c1-c1ccc(C(=O)Nc2ccc3[nH]c(=O)[nH]c3c2)cn1. The molecule has 3 N–H and O–H groups in total. The number of amides is 1. The third-order valence-corrected chi connectivity index (χ3v) is 4.54. The van der Waals surface area contributed by atoms with Crippen LogP contribution in [-0.4, -0.2) is 20.9 Å². The van der Waals surface area contributed by atoms with E-state index in [1.165, 1.54) is 0 Å². The van der Waals surface area contributed by atoms with Gasteiger partial charge in [-0.05, 0) is 55.3 Å². The Kier molecular flexibility index (Phi) is 4.08. The number of pyridine rings is 1. The normalized spacial score (nSPS) is 10.9. The number of aromatic amines is 2. The van der Waals surface area contributed by atoms with Crippen molar-refractivity contribution in [2.75, 3.05) is 5.32 Å². The number of benzene rings is 2. The Morgan fingerprint density at radius 3 is 2.41 bits per heavy atom. The Balaban J connectivity index is 1.57. The average Bonchev–Trinajstić information content (AvgIpc) is 3.01. The summed E-state index contributed by atoms with van der Waals surface area (Å²) in [6, 6.07) is 14.9. The number of carbonyl (C=O) groups is 1. The molecule has 2 aromatic heterocycles. The van der Waals surface area contributed by atoms with E-state index >= 15 is 0 Å². The highest BCUT2D eigenvalue weighted by atomic mass is 16.2. The van der Waals surface area contributed by atoms with Crippen LogP contribution in [0.15, 0.2) is 59.5 Å². The summed E-state index contributed by atoms with van der Waals surface area (Å²) >= 11 is 0. The van der Waals surface area contributed by atoms with Crippen LogP contribution < -0.4 is 11.0 Å². The van der Waals surface area contributed by atoms with Crippen LogP contribution in [0.25, 0.3) is 22.3 Å². The van der Waals surface area contributed by atoms with Crippen LogP contribution in [0.1, 0.15) is 21.5 Å². The summed E-state index contributed by atoms with van der Waals surface area (Å²) in [5, 5.41) is 2.83. The quantitative estimate of drug-likeness (QED) is 0.520. The van der Waals surface area contributed by atoms with Gasteiger partial charge in [-0.25, -0.2) is 4.79 Å². The van der Waals surface area contributed by atoms with E-state index in [9.17, 15) is 9.59 Å². The maximum atomic E-state index is 12.5. The zero-order valence-electron chi connectivity index (χ0n) is 15.0. The summed E-state index contributed by atoms with van der Waals surface area (Å²) in [4.78, 5) is 33.7. The second kappa shape index (κ2) is 6.57. The molecule has 27 heavy (non-hydrogen) atoms. The first kappa shape index (κ1) is 16.8. The molecule has 0 atom stereocenters. The number of fused-ring (bicyclic) bond motifs is 1. The first-order valence-electron chi connectivity index (χ1n) is 8.57. The molecular weight excluding hydrogens is 340 g/mol. The van der Waals surface area contributed by atoms with Gasteiger partial charge < -0.3 is 15.3 Å². The third-order valence-electron chi connectivity index (χ3n) is 4.54. The second-order valence-corrected chi connectivity index (χ2v) is 6.49. The first-order valence-corrected chi connectivity index (χ1v) is 8.57. The van der Waals surface area contributed by atoms with Crippen LogP contribution in [0.2, 0.25) is 0 Å². The molecule has 0 aliphatic rings. The molecule has 0 radical (unpaired) electrons. The zero-order valence-corrected chi connectivity index (χ0v) is 15.0. The van der Waals surface area contributed by atoms with Crippen LogP contribution in [-0.2, 0) is 0 Å². The predicted octanol–water partition coefficient (Wildman–Crippen LogP) is 3.79. The summed E-state index contributed by atoms with van der Waals surface area (Å²) in [6.45, 7) is 4.10. The molecule has 0 fully saturated rings. The number of hydrogen-bond acceptors (Lipinski definition) is 3. The van der Waals surface area contributed by atoms with Crippen molar-refractivity contribution in [2.24, 2.45) is 0 Å². The van der Waals surface area contributed by atoms with Gasteiger partial charge in [0.1, 0.15) is 0 Å². The molecule has 0 saturated heterocycles. The van der Waals surface area contributed by atoms with Gasteiger partial charge in [0.2, 0.25) is 0 Å². The predicted molar refractivity (Wildman–Crippen MR) is 106 cm³/mol. The van der Waals surface area contributed by atoms with Gasteiger partial charge in [-0.2, -0.15) is 0 Å². The minimum atomic E-state index is -0.278. The van der Waals surface area contributed by atoms with Crippen molar-refractivity contribution in [2.45, 2.75) is 13.8 Å². The summed E-state index contributed by atoms with van der Waals surface area (Å²) in [6.07, 6.45) is 1.58. The molecule has 4 rings (SSSR count). The molecule has 0 aliphatic heterocycles. The Bertz CT molecular complexity index is 1180. The molecule has 2 aromatic carbocycles. The van der Waals surface area contributed by atoms with E-state index in [4.69, 9.17) is 0 Å². The Hall–Kier alpha value is -3.67. The number of carbonyl (C=O) groups excluding carboxylic acids is 1. The third kappa shape index (κ3) is 3.25. The number of aromatic nitrogens is 3. The molecule has 0 spiro atoms. The van der Waals surface area contributed by atoms with Gasteiger partial charge in [-0.3, -0.25) is 9.78 Å². The minimum absolute atomic E-state index is 0.257. The van der Waals surface area contributed by atoms with E-state index in [-0.39, 0.29) is 11.6 Å². The Labute approximate surface area is 155 Å². The van der Waals surface area contributed by atoms with Gasteiger partial charge in [0.15, 0.2) is 0 Å². The number of hydrogen-bond donors (Lipinski definition) is 3. The van der Waals surface area contributed by atoms with E-state index < -0.39 is 0 Å². The smallest absolute Gasteiger partial charge is 0.322 e. The van der Waals surface area contributed by atoms with E-state index in [0.29, 0.717) is 22.3 Å². The lowest BCUT2D eigenvalue weighted by atomic mass is 9.99. The van der Waals surface area contributed by atoms with E-state index in [0.717, 1.165) is 22.4 Å². The molecular formula is C21H18N4O2. The highest BCUT2D eigenvalue weighted by Crippen LogP contribution is 2.25. The average molecular weight is 358 g/mol. The number of rotatable bonds is 3. The topological polar surface area (TPSA) is 90.6 Å². The lowest BCUT2D eigenvalue weighted by Crippen LogP contribution is -2.12. The molecule has 0 aliphatic carbocycles. The molecule has 6 heteroatoms. The fourth-order valence-electron chi connectivity index (χ4n) is 3.21. The maximum absolute atomic E-state index is 12.5. The number of imidazole rings is 1. The summed E-state index contributed by atoms with van der Waals surface area (Å²) < 4.78 is 0. The zero-order chi connectivity index (χ0) is 19.0. The number of anilines is 1. The summed E-state index contributed by atoms with van der Waals surface area (Å²) in [5.41, 5.74) is 6.34. The van der Waals surface area contributed by atoms with Gasteiger partial charge in [-0.15, -0.1) is 0 Å². The van der Waals surface area contributed by atoms with Crippen LogP contribution in [0.5, 0.6) is 0 Å². The molecule has 0 unspecified atom stereocenters. The number of nitrogens with zero attached hydrogens (tertiary/aromatic N) is 1. The summed E-state index contributed by atoms with van der Waals surface area (Å²) in [7, 11) is 0. The molecule has 2 heterocycles. The lowest BCUT2D eigenvalue weighted by Gasteiger charge is -2.10. The van der Waals surface area contributed by atoms with Gasteiger partial charge in [-0.1, -0.05) is 18.2 Å². The second-order valence-electron chi connectivity index (χ2n) is 6.49. The molecule has 0 saturated carbocycles. The lowest BCUT2D eigenvalue weighted by molar-refractivity contribution is 0.102. The highest BCUT2D eigenvalue weighted by molar-refractivity contribution is 6.04. The Morgan fingerprint density at radius 1 is 0.963 bits per heavy atom. The van der Waals surface area contributed by atoms with Gasteiger partial charge >= 0.3 is 5.69 Å². The van der Waals surface area contributed by atoms with Crippen LogP contribution in [0.3, 0.4) is 0 Å². The van der Waals surface area contributed by atoms with Crippen molar-refractivity contribution in [3.63, 3.8) is 0 Å². The van der Waals surface area contributed by atoms with Crippen molar-refractivity contribution in [1.29, 1.82) is 0 Å². The maximum Gasteiger partial charge on any atom is 0.323 e. The van der Waals surface area contributed by atoms with Crippen molar-refractivity contribution >= 4 is 22.6 Å². The van der Waals surface area contributed by atoms with Crippen LogP contribution in [0, 0.1) is 13.8 Å². The molecule has 1 amide bonds. The molecule has 134 valence electrons. The first-order chi connectivity index (χ1) is 13.0. The van der Waals surface area contributed by atoms with E-state index in [1.807, 2.05) is 38.1 Å². The van der Waals surface area contributed by atoms with Gasteiger partial charge in [0.05, 0.1) is 22.3 Å². The van der Waals surface area contributed by atoms with Crippen molar-refractivity contribution in [3.8, 4) is 11.3 Å². The van der Waals surface area contributed by atoms with Crippen molar-refractivity contribution in [3.05, 3.63) is 81.9 Å². The van der Waals surface area contributed by atoms with Gasteiger partial charge in [0.25, 0.3) is 5.91 Å². The molecule has 6 nitrogen and oxygen atoms in total. The fraction of sp³-hybridized carbons (Fsp3) is 0.0952. The molecule has 4 aromatic rings. The van der Waals surface area contributed by atoms with Crippen molar-refractivity contribution in [1.82, 2.24) is 15.0 Å². The molecule has 0 bridgehead atoms. The summed E-state index contributed by atoms with van der Waals surface area (Å²) in [5.74, 6) is -0.257. The fourth-order valence-corrected chi connectivity index (χ4v) is 3.21. The standard InChI is InChI=1S/C21H18N4O2/c1-12-4-3-5-13(2)19(12)17-8-6-14(11-22-17)20(26)23-15-7-9-16-18(10-15)25-21(27)24-16/h3-11H,1-2H3,(H,23,26)(H2,24,25,27). The largest absolute Gasteiger partial charge is 0.323 e. The van der Waals surface area contributed by atoms with Crippen LogP contribution in [0.4, 0.5) is 5.69 Å². The van der Waals surface area contributed by atoms with E-state index in [2.05, 4.69) is 20.3 Å². The number of nitrogens with one attached hydrogen (secondary N) is 3. The van der Waals surface area contributed by atoms with Crippen LogP contribution >= 0.6 is 0 Å². The Morgan fingerprint density at radius 2 is 1.70 bits per heavy atom. The van der Waals surface area contributed by atoms with Crippen molar-refractivity contribution < 1.29 is 4.79 Å². The monoisotopic (exact) mass is 358 g/mol.